The van der Waals surface area contributed by atoms with Crippen LogP contribution in [-0.4, -0.2) is 16.9 Å². The second-order valence-electron chi connectivity index (χ2n) is 6.39. The molecule has 0 aliphatic rings. The highest BCUT2D eigenvalue weighted by Gasteiger charge is 2.12. The van der Waals surface area contributed by atoms with E-state index in [2.05, 4.69) is 10.3 Å². The molecule has 0 bridgehead atoms. The van der Waals surface area contributed by atoms with E-state index in [4.69, 9.17) is 0 Å². The van der Waals surface area contributed by atoms with Crippen molar-refractivity contribution in [1.29, 1.82) is 0 Å². The third kappa shape index (κ3) is 3.23. The molecule has 1 heterocycles. The molecule has 0 fully saturated rings. The Morgan fingerprint density at radius 1 is 0.893 bits per heavy atom. The van der Waals surface area contributed by atoms with Crippen LogP contribution in [0.5, 0.6) is 0 Å². The standard InChI is InChI=1S/C22H16N2O4/c25-19(26)11-13-5-8-15(9-6-13)24-21-17-10-7-14-3-1-2-4-16(14)20(17)23-12-18(21)22(27)28/h1-10,12H,11H2,(H,23,24)(H,25,26)(H,27,28)/p-2. The molecule has 4 aromatic rings. The molecular weight excluding hydrogens is 356 g/mol. The van der Waals surface area contributed by atoms with Crippen molar-refractivity contribution in [2.45, 2.75) is 6.42 Å². The molecule has 4 rings (SSSR count). The fraction of sp³-hybridized carbons (Fsp3) is 0.0455. The van der Waals surface area contributed by atoms with Gasteiger partial charge >= 0.3 is 0 Å². The number of nitrogens with one attached hydrogen (secondary N) is 1. The lowest BCUT2D eigenvalue weighted by Gasteiger charge is -2.16. The number of hydrogen-bond donors (Lipinski definition) is 1. The molecular formula is C22H14N2O4-2. The molecule has 6 nitrogen and oxygen atoms in total. The van der Waals surface area contributed by atoms with E-state index in [0.717, 1.165) is 10.8 Å². The summed E-state index contributed by atoms with van der Waals surface area (Å²) < 4.78 is 0. The fourth-order valence-electron chi connectivity index (χ4n) is 3.24. The van der Waals surface area contributed by atoms with E-state index in [-0.39, 0.29) is 12.0 Å². The van der Waals surface area contributed by atoms with E-state index < -0.39 is 11.9 Å². The number of carboxylic acid groups (broad SMARTS) is 2. The molecule has 0 radical (unpaired) electrons. The van der Waals surface area contributed by atoms with E-state index in [1.54, 1.807) is 24.3 Å². The molecule has 0 spiro atoms. The predicted octanol–water partition coefficient (Wildman–Crippen LogP) is 1.79. The Labute approximate surface area is 160 Å². The number of aromatic carboxylic acids is 1. The van der Waals surface area contributed by atoms with Crippen LogP contribution in [0.2, 0.25) is 0 Å². The first-order valence-electron chi connectivity index (χ1n) is 8.60. The minimum Gasteiger partial charge on any atom is -0.550 e. The summed E-state index contributed by atoms with van der Waals surface area (Å²) in [5.74, 6) is -2.49. The molecule has 0 saturated heterocycles. The largest absolute Gasteiger partial charge is 0.550 e. The number of benzene rings is 3. The van der Waals surface area contributed by atoms with Crippen molar-refractivity contribution in [2.75, 3.05) is 5.32 Å². The van der Waals surface area contributed by atoms with Crippen LogP contribution in [0.1, 0.15) is 15.9 Å². The minimum atomic E-state index is -1.33. The molecule has 28 heavy (non-hydrogen) atoms. The Balaban J connectivity index is 1.84. The zero-order valence-corrected chi connectivity index (χ0v) is 14.6. The average molecular weight is 370 g/mol. The highest BCUT2D eigenvalue weighted by Crippen LogP contribution is 2.33. The van der Waals surface area contributed by atoms with Gasteiger partial charge in [-0.15, -0.1) is 0 Å². The number of nitrogens with zero attached hydrogens (tertiary/aromatic N) is 1. The van der Waals surface area contributed by atoms with Crippen LogP contribution in [0, 0.1) is 0 Å². The molecule has 0 aliphatic heterocycles. The summed E-state index contributed by atoms with van der Waals surface area (Å²) in [5, 5.41) is 28.0. The van der Waals surface area contributed by atoms with Gasteiger partial charge in [0.15, 0.2) is 0 Å². The van der Waals surface area contributed by atoms with Gasteiger partial charge in [-0.2, -0.15) is 0 Å². The van der Waals surface area contributed by atoms with Gasteiger partial charge in [0.25, 0.3) is 0 Å². The third-order valence-electron chi connectivity index (χ3n) is 4.55. The number of rotatable bonds is 5. The molecule has 138 valence electrons. The number of hydrogen-bond acceptors (Lipinski definition) is 6. The van der Waals surface area contributed by atoms with Crippen molar-refractivity contribution in [2.24, 2.45) is 0 Å². The van der Waals surface area contributed by atoms with E-state index in [9.17, 15) is 19.8 Å². The molecule has 6 heteroatoms. The monoisotopic (exact) mass is 370 g/mol. The third-order valence-corrected chi connectivity index (χ3v) is 4.55. The van der Waals surface area contributed by atoms with Crippen LogP contribution in [-0.2, 0) is 11.2 Å². The summed E-state index contributed by atoms with van der Waals surface area (Å²) in [4.78, 5) is 26.7. The van der Waals surface area contributed by atoms with E-state index in [0.29, 0.717) is 27.8 Å². The van der Waals surface area contributed by atoms with Gasteiger partial charge in [0.2, 0.25) is 0 Å². The molecule has 0 amide bonds. The summed E-state index contributed by atoms with van der Waals surface area (Å²) in [5.41, 5.74) is 2.21. The Morgan fingerprint density at radius 2 is 1.64 bits per heavy atom. The van der Waals surface area contributed by atoms with Gasteiger partial charge in [-0.3, -0.25) is 4.98 Å². The molecule has 3 aromatic carbocycles. The van der Waals surface area contributed by atoms with E-state index >= 15 is 0 Å². The van der Waals surface area contributed by atoms with Gasteiger partial charge < -0.3 is 25.1 Å². The van der Waals surface area contributed by atoms with E-state index in [1.807, 2.05) is 36.4 Å². The lowest BCUT2D eigenvalue weighted by atomic mass is 10.0. The molecule has 1 N–H and O–H groups in total. The number of anilines is 2. The first-order valence-corrected chi connectivity index (χ1v) is 8.60. The predicted molar refractivity (Wildman–Crippen MR) is 102 cm³/mol. The maximum atomic E-state index is 11.6. The summed E-state index contributed by atoms with van der Waals surface area (Å²) in [6.45, 7) is 0. The SMILES string of the molecule is O=C([O-])Cc1ccc(Nc2c(C(=O)[O-])cnc3c2ccc2ccccc23)cc1. The van der Waals surface area contributed by atoms with E-state index in [1.165, 1.54) is 6.20 Å². The van der Waals surface area contributed by atoms with Crippen molar-refractivity contribution in [3.8, 4) is 0 Å². The molecule has 0 aliphatic carbocycles. The zero-order valence-electron chi connectivity index (χ0n) is 14.6. The lowest BCUT2D eigenvalue weighted by molar-refractivity contribution is -0.304. The van der Waals surface area contributed by atoms with Crippen molar-refractivity contribution >= 4 is 45.0 Å². The summed E-state index contributed by atoms with van der Waals surface area (Å²) in [6.07, 6.45) is 1.10. The van der Waals surface area contributed by atoms with Gasteiger partial charge in [-0.25, -0.2) is 0 Å². The quantitative estimate of drug-likeness (QED) is 0.537. The topological polar surface area (TPSA) is 105 Å². The van der Waals surface area contributed by atoms with Crippen LogP contribution in [0.3, 0.4) is 0 Å². The second-order valence-corrected chi connectivity index (χ2v) is 6.39. The normalized spacial score (nSPS) is 10.9. The summed E-state index contributed by atoms with van der Waals surface area (Å²) >= 11 is 0. The van der Waals surface area contributed by atoms with Crippen LogP contribution in [0.4, 0.5) is 11.4 Å². The average Bonchev–Trinajstić information content (AvgIpc) is 2.68. The zero-order chi connectivity index (χ0) is 19.7. The Bertz CT molecular complexity index is 1220. The van der Waals surface area contributed by atoms with Gasteiger partial charge in [0.05, 0.1) is 17.2 Å². The van der Waals surface area contributed by atoms with Crippen LogP contribution in [0.25, 0.3) is 21.7 Å². The Hall–Kier alpha value is -3.93. The maximum Gasteiger partial charge on any atom is 0.0801 e. The van der Waals surface area contributed by atoms with Crippen LogP contribution < -0.4 is 15.5 Å². The van der Waals surface area contributed by atoms with Gasteiger partial charge in [0.1, 0.15) is 0 Å². The molecule has 0 atom stereocenters. The van der Waals surface area contributed by atoms with Crippen molar-refractivity contribution in [3.05, 3.63) is 78.0 Å². The number of aromatic nitrogens is 1. The molecule has 0 saturated carbocycles. The number of carboxylic acids is 2. The first kappa shape index (κ1) is 17.5. The molecule has 1 aromatic heterocycles. The maximum absolute atomic E-state index is 11.6. The smallest absolute Gasteiger partial charge is 0.0801 e. The van der Waals surface area contributed by atoms with Gasteiger partial charge in [-0.1, -0.05) is 48.5 Å². The van der Waals surface area contributed by atoms with Crippen LogP contribution in [0.15, 0.2) is 66.9 Å². The first-order chi connectivity index (χ1) is 13.5. The van der Waals surface area contributed by atoms with Gasteiger partial charge in [-0.05, 0) is 23.1 Å². The van der Waals surface area contributed by atoms with Crippen molar-refractivity contribution in [1.82, 2.24) is 4.98 Å². The highest BCUT2D eigenvalue weighted by molar-refractivity contribution is 6.13. The Kier molecular flexibility index (Phi) is 4.37. The van der Waals surface area contributed by atoms with Crippen molar-refractivity contribution in [3.63, 3.8) is 0 Å². The fourth-order valence-corrected chi connectivity index (χ4v) is 3.24. The molecule has 0 unspecified atom stereocenters. The number of carbonyl (C=O) groups is 2. The Morgan fingerprint density at radius 3 is 2.36 bits per heavy atom. The number of aliphatic carboxylic acids is 1. The second kappa shape index (κ2) is 7.00. The summed E-state index contributed by atoms with van der Waals surface area (Å²) in [7, 11) is 0. The lowest BCUT2D eigenvalue weighted by Crippen LogP contribution is -2.24. The number of pyridine rings is 1. The van der Waals surface area contributed by atoms with Crippen molar-refractivity contribution < 1.29 is 19.8 Å². The van der Waals surface area contributed by atoms with Gasteiger partial charge in [0, 0.05) is 40.6 Å². The highest BCUT2D eigenvalue weighted by atomic mass is 16.4. The summed E-state index contributed by atoms with van der Waals surface area (Å²) in [6, 6.07) is 18.1. The van der Waals surface area contributed by atoms with Crippen LogP contribution >= 0.6 is 0 Å². The number of fused-ring (bicyclic) bond motifs is 3. The minimum absolute atomic E-state index is 0.0541. The number of carbonyl (C=O) groups excluding carboxylic acids is 2.